The molecule has 188 valence electrons. The first kappa shape index (κ1) is 23.3. The molecule has 3 nitrogen and oxygen atoms in total. The average molecular weight is 550 g/mol. The molecule has 5 heteroatoms. The summed E-state index contributed by atoms with van der Waals surface area (Å²) < 4.78 is 2.43. The van der Waals surface area contributed by atoms with Crippen molar-refractivity contribution in [3.8, 4) is 33.9 Å². The molecule has 0 amide bonds. The SMILES string of the molecule is Clc1nc(-c2ccccc2)nc(-c2cccc3sc4c(-c5cccc6ccc7ccccc7c56)cccc4c23)n1. The summed E-state index contributed by atoms with van der Waals surface area (Å²) in [7, 11) is 0. The molecule has 0 radical (unpaired) electrons. The first-order valence-corrected chi connectivity index (χ1v) is 14.3. The third-order valence-electron chi connectivity index (χ3n) is 7.46. The number of hydrogen-bond donors (Lipinski definition) is 0. The zero-order valence-corrected chi connectivity index (χ0v) is 22.7. The molecule has 0 aliphatic rings. The highest BCUT2D eigenvalue weighted by atomic mass is 35.5. The second kappa shape index (κ2) is 9.23. The summed E-state index contributed by atoms with van der Waals surface area (Å²) in [6, 6.07) is 42.4. The summed E-state index contributed by atoms with van der Waals surface area (Å²) in [5, 5.41) is 7.53. The molecule has 0 bridgehead atoms. The first-order chi connectivity index (χ1) is 19.7. The fraction of sp³-hybridized carbons (Fsp3) is 0. The van der Waals surface area contributed by atoms with Gasteiger partial charge in [0, 0.05) is 36.9 Å². The van der Waals surface area contributed by atoms with Crippen LogP contribution in [0.1, 0.15) is 0 Å². The molecule has 0 saturated carbocycles. The zero-order chi connectivity index (χ0) is 26.6. The van der Waals surface area contributed by atoms with Gasteiger partial charge < -0.3 is 0 Å². The molecule has 0 unspecified atom stereocenters. The number of benzene rings is 6. The molecule has 0 aliphatic heterocycles. The van der Waals surface area contributed by atoms with Crippen molar-refractivity contribution < 1.29 is 0 Å². The minimum Gasteiger partial charge on any atom is -0.208 e. The van der Waals surface area contributed by atoms with Gasteiger partial charge in [-0.1, -0.05) is 115 Å². The zero-order valence-electron chi connectivity index (χ0n) is 21.2. The second-order valence-electron chi connectivity index (χ2n) is 9.77. The number of aromatic nitrogens is 3. The fourth-order valence-electron chi connectivity index (χ4n) is 5.72. The summed E-state index contributed by atoms with van der Waals surface area (Å²) in [6.45, 7) is 0. The van der Waals surface area contributed by atoms with Crippen molar-refractivity contribution >= 4 is 64.7 Å². The number of rotatable bonds is 3. The number of nitrogens with zero attached hydrogens (tertiary/aromatic N) is 3. The van der Waals surface area contributed by atoms with Gasteiger partial charge in [0.2, 0.25) is 5.28 Å². The maximum absolute atomic E-state index is 6.44. The lowest BCUT2D eigenvalue weighted by Gasteiger charge is -2.11. The summed E-state index contributed by atoms with van der Waals surface area (Å²) in [6.07, 6.45) is 0. The fourth-order valence-corrected chi connectivity index (χ4v) is 7.13. The van der Waals surface area contributed by atoms with Crippen LogP contribution in [0.2, 0.25) is 5.28 Å². The highest BCUT2D eigenvalue weighted by molar-refractivity contribution is 7.26. The predicted octanol–water partition coefficient (Wildman–Crippen LogP) is 10.2. The van der Waals surface area contributed by atoms with E-state index < -0.39 is 0 Å². The Balaban J connectivity index is 1.40. The van der Waals surface area contributed by atoms with Crippen LogP contribution >= 0.6 is 22.9 Å². The molecular formula is C35H20ClN3S. The molecule has 6 aromatic carbocycles. The lowest BCUT2D eigenvalue weighted by atomic mass is 9.93. The van der Waals surface area contributed by atoms with E-state index in [1.54, 1.807) is 11.3 Å². The van der Waals surface area contributed by atoms with Crippen molar-refractivity contribution in [2.45, 2.75) is 0 Å². The van der Waals surface area contributed by atoms with Gasteiger partial charge in [0.1, 0.15) is 0 Å². The Morgan fingerprint density at radius 1 is 0.475 bits per heavy atom. The van der Waals surface area contributed by atoms with Crippen LogP contribution in [-0.4, -0.2) is 15.0 Å². The monoisotopic (exact) mass is 549 g/mol. The highest BCUT2D eigenvalue weighted by Crippen LogP contribution is 2.45. The summed E-state index contributed by atoms with van der Waals surface area (Å²) in [5.74, 6) is 1.14. The van der Waals surface area contributed by atoms with Gasteiger partial charge in [-0.05, 0) is 44.8 Å². The van der Waals surface area contributed by atoms with Crippen LogP contribution in [0.4, 0.5) is 0 Å². The van der Waals surface area contributed by atoms with Gasteiger partial charge in [-0.2, -0.15) is 9.97 Å². The molecule has 0 fully saturated rings. The van der Waals surface area contributed by atoms with Crippen LogP contribution in [-0.2, 0) is 0 Å². The van der Waals surface area contributed by atoms with E-state index in [4.69, 9.17) is 16.6 Å². The number of halogens is 1. The number of thiophene rings is 1. The van der Waals surface area contributed by atoms with Crippen molar-refractivity contribution in [3.05, 3.63) is 127 Å². The standard InChI is InChI=1S/C35H20ClN3S/c36-35-38-33(23-10-2-1-3-11-23)37-34(39-35)28-17-8-18-29-31(28)27-16-7-15-26(32(27)40-29)25-14-6-12-22-20-19-21-9-4-5-13-24(21)30(22)25/h1-20H. The molecule has 0 aliphatic carbocycles. The van der Waals surface area contributed by atoms with Gasteiger partial charge in [0.15, 0.2) is 11.6 Å². The van der Waals surface area contributed by atoms with Crippen LogP contribution in [0.25, 0.3) is 75.6 Å². The Morgan fingerprint density at radius 2 is 1.15 bits per heavy atom. The Labute approximate surface area is 239 Å². The lowest BCUT2D eigenvalue weighted by Crippen LogP contribution is -1.97. The van der Waals surface area contributed by atoms with Gasteiger partial charge in [-0.3, -0.25) is 0 Å². The molecule has 8 aromatic rings. The van der Waals surface area contributed by atoms with Gasteiger partial charge in [0.05, 0.1) is 0 Å². The van der Waals surface area contributed by atoms with E-state index in [9.17, 15) is 0 Å². The van der Waals surface area contributed by atoms with E-state index in [-0.39, 0.29) is 5.28 Å². The smallest absolute Gasteiger partial charge is 0.208 e. The van der Waals surface area contributed by atoms with Crippen molar-refractivity contribution in [3.63, 3.8) is 0 Å². The van der Waals surface area contributed by atoms with Crippen molar-refractivity contribution in [2.75, 3.05) is 0 Å². The van der Waals surface area contributed by atoms with Gasteiger partial charge >= 0.3 is 0 Å². The summed E-state index contributed by atoms with van der Waals surface area (Å²) in [4.78, 5) is 13.8. The average Bonchev–Trinajstić information content (AvgIpc) is 3.40. The third-order valence-corrected chi connectivity index (χ3v) is 8.84. The molecule has 0 spiro atoms. The van der Waals surface area contributed by atoms with Crippen molar-refractivity contribution in [1.29, 1.82) is 0 Å². The maximum atomic E-state index is 6.44. The van der Waals surface area contributed by atoms with Crippen molar-refractivity contribution in [2.24, 2.45) is 0 Å². The molecule has 0 atom stereocenters. The van der Waals surface area contributed by atoms with E-state index in [1.165, 1.54) is 47.5 Å². The predicted molar refractivity (Wildman–Crippen MR) is 169 cm³/mol. The van der Waals surface area contributed by atoms with Gasteiger partial charge in [-0.15, -0.1) is 11.3 Å². The van der Waals surface area contributed by atoms with Crippen molar-refractivity contribution in [1.82, 2.24) is 15.0 Å². The molecular weight excluding hydrogens is 530 g/mol. The van der Waals surface area contributed by atoms with Gasteiger partial charge in [0.25, 0.3) is 0 Å². The summed E-state index contributed by atoms with van der Waals surface area (Å²) >= 11 is 8.25. The molecule has 40 heavy (non-hydrogen) atoms. The Bertz CT molecular complexity index is 2240. The minimum absolute atomic E-state index is 0.184. The van der Waals surface area contributed by atoms with E-state index in [0.29, 0.717) is 11.6 Å². The number of hydrogen-bond acceptors (Lipinski definition) is 4. The first-order valence-electron chi connectivity index (χ1n) is 13.1. The number of fused-ring (bicyclic) bond motifs is 6. The lowest BCUT2D eigenvalue weighted by molar-refractivity contribution is 1.07. The van der Waals surface area contributed by atoms with Crippen LogP contribution in [0, 0.1) is 0 Å². The van der Waals surface area contributed by atoms with E-state index in [1.807, 2.05) is 30.3 Å². The maximum Gasteiger partial charge on any atom is 0.226 e. The summed E-state index contributed by atoms with van der Waals surface area (Å²) in [5.41, 5.74) is 4.32. The Morgan fingerprint density at radius 3 is 2.08 bits per heavy atom. The highest BCUT2D eigenvalue weighted by Gasteiger charge is 2.18. The van der Waals surface area contributed by atoms with E-state index in [2.05, 4.69) is 101 Å². The second-order valence-corrected chi connectivity index (χ2v) is 11.2. The van der Waals surface area contributed by atoms with E-state index in [0.717, 1.165) is 16.5 Å². The topological polar surface area (TPSA) is 38.7 Å². The third kappa shape index (κ3) is 3.69. The van der Waals surface area contributed by atoms with Crippen LogP contribution in [0.5, 0.6) is 0 Å². The normalized spacial score (nSPS) is 11.6. The quantitative estimate of drug-likeness (QED) is 0.206. The van der Waals surface area contributed by atoms with Crippen LogP contribution in [0.15, 0.2) is 121 Å². The minimum atomic E-state index is 0.184. The van der Waals surface area contributed by atoms with Crippen LogP contribution < -0.4 is 0 Å². The Kier molecular flexibility index (Phi) is 5.37. The Hall–Kier alpha value is -4.64. The largest absolute Gasteiger partial charge is 0.226 e. The molecule has 0 saturated heterocycles. The molecule has 8 rings (SSSR count). The van der Waals surface area contributed by atoms with E-state index >= 15 is 0 Å². The van der Waals surface area contributed by atoms with Crippen LogP contribution in [0.3, 0.4) is 0 Å². The molecule has 0 N–H and O–H groups in total. The molecule has 2 aromatic heterocycles. The van der Waals surface area contributed by atoms with Gasteiger partial charge in [-0.25, -0.2) is 4.98 Å². The molecule has 2 heterocycles.